The second-order valence-electron chi connectivity index (χ2n) is 9.42. The third kappa shape index (κ3) is 8.52. The van der Waals surface area contributed by atoms with Gasteiger partial charge in [0.25, 0.3) is 0 Å². The van der Waals surface area contributed by atoms with Crippen LogP contribution in [0.3, 0.4) is 0 Å². The first kappa shape index (κ1) is 27.5. The number of ether oxygens (including phenoxy) is 1. The normalized spacial score (nSPS) is 14.1. The molecule has 1 aromatic rings. The lowest BCUT2D eigenvalue weighted by Gasteiger charge is -2.33. The SMILES string of the molecule is CCCCNC(=O)C(c1cccc(C)c1)N(C)C(=O)C(NC(=O)OC(C)(C)C)C(C)CC. The number of hydrogen-bond acceptors (Lipinski definition) is 4. The second kappa shape index (κ2) is 12.5. The highest BCUT2D eigenvalue weighted by molar-refractivity contribution is 5.92. The molecule has 0 aliphatic rings. The van der Waals surface area contributed by atoms with E-state index in [9.17, 15) is 14.4 Å². The van der Waals surface area contributed by atoms with Crippen molar-refractivity contribution in [3.63, 3.8) is 0 Å². The van der Waals surface area contributed by atoms with Gasteiger partial charge in [-0.2, -0.15) is 0 Å². The van der Waals surface area contributed by atoms with Crippen LogP contribution in [0.4, 0.5) is 4.79 Å². The number of nitrogens with zero attached hydrogens (tertiary/aromatic N) is 1. The van der Waals surface area contributed by atoms with E-state index < -0.39 is 23.8 Å². The Kier molecular flexibility index (Phi) is 10.7. The van der Waals surface area contributed by atoms with E-state index in [1.807, 2.05) is 45.0 Å². The molecule has 3 atom stereocenters. The number of amides is 3. The third-order valence-electron chi connectivity index (χ3n) is 5.32. The van der Waals surface area contributed by atoms with Gasteiger partial charge < -0.3 is 20.3 Å². The van der Waals surface area contributed by atoms with Crippen LogP contribution in [-0.4, -0.2) is 48.0 Å². The molecule has 3 unspecified atom stereocenters. The van der Waals surface area contributed by atoms with Gasteiger partial charge in [0.05, 0.1) is 0 Å². The molecule has 0 aromatic heterocycles. The molecule has 2 N–H and O–H groups in total. The molecule has 0 heterocycles. The number of likely N-dealkylation sites (N-methyl/N-ethyl adjacent to an activating group) is 1. The summed E-state index contributed by atoms with van der Waals surface area (Å²) in [5.41, 5.74) is 1.05. The Morgan fingerprint density at radius 3 is 2.34 bits per heavy atom. The minimum atomic E-state index is -0.810. The fraction of sp³-hybridized carbons (Fsp3) is 0.640. The molecule has 0 spiro atoms. The number of carbonyl (C=O) groups is 3. The van der Waals surface area contributed by atoms with Gasteiger partial charge in [-0.05, 0) is 45.6 Å². The maximum Gasteiger partial charge on any atom is 0.408 e. The van der Waals surface area contributed by atoms with Crippen LogP contribution in [0, 0.1) is 12.8 Å². The van der Waals surface area contributed by atoms with Gasteiger partial charge in [-0.25, -0.2) is 4.79 Å². The van der Waals surface area contributed by atoms with E-state index in [-0.39, 0.29) is 17.7 Å². The predicted molar refractivity (Wildman–Crippen MR) is 127 cm³/mol. The van der Waals surface area contributed by atoms with Crippen LogP contribution in [0.1, 0.15) is 78.0 Å². The Labute approximate surface area is 193 Å². The second-order valence-corrected chi connectivity index (χ2v) is 9.42. The van der Waals surface area contributed by atoms with Crippen molar-refractivity contribution in [2.45, 2.75) is 85.4 Å². The summed E-state index contributed by atoms with van der Waals surface area (Å²) in [6, 6.07) is 5.97. The maximum absolute atomic E-state index is 13.6. The summed E-state index contributed by atoms with van der Waals surface area (Å²) in [6.45, 7) is 13.7. The van der Waals surface area contributed by atoms with Crippen molar-refractivity contribution in [1.82, 2.24) is 15.5 Å². The van der Waals surface area contributed by atoms with Crippen molar-refractivity contribution >= 4 is 17.9 Å². The van der Waals surface area contributed by atoms with Gasteiger partial charge in [0.15, 0.2) is 0 Å². The van der Waals surface area contributed by atoms with Crippen LogP contribution in [0.2, 0.25) is 0 Å². The number of carbonyl (C=O) groups excluding carboxylic acids is 3. The molecule has 0 radical (unpaired) electrons. The zero-order valence-corrected chi connectivity index (χ0v) is 21.0. The number of rotatable bonds is 10. The van der Waals surface area contributed by atoms with Crippen molar-refractivity contribution in [1.29, 1.82) is 0 Å². The van der Waals surface area contributed by atoms with Crippen molar-refractivity contribution in [3.05, 3.63) is 35.4 Å². The first-order valence-corrected chi connectivity index (χ1v) is 11.5. The molecule has 1 aromatic carbocycles. The zero-order chi connectivity index (χ0) is 24.5. The smallest absolute Gasteiger partial charge is 0.408 e. The Balaban J connectivity index is 3.22. The van der Waals surface area contributed by atoms with Crippen LogP contribution >= 0.6 is 0 Å². The number of unbranched alkanes of at least 4 members (excludes halogenated alkanes) is 1. The number of aryl methyl sites for hydroxylation is 1. The van der Waals surface area contributed by atoms with Crippen LogP contribution in [0.25, 0.3) is 0 Å². The summed E-state index contributed by atoms with van der Waals surface area (Å²) < 4.78 is 5.37. The lowest BCUT2D eigenvalue weighted by molar-refractivity contribution is -0.141. The van der Waals surface area contributed by atoms with E-state index in [1.165, 1.54) is 4.90 Å². The Bertz CT molecular complexity index is 773. The lowest BCUT2D eigenvalue weighted by Crippen LogP contribution is -2.54. The fourth-order valence-corrected chi connectivity index (χ4v) is 3.34. The molecule has 0 aliphatic carbocycles. The molecule has 180 valence electrons. The molecule has 0 aliphatic heterocycles. The van der Waals surface area contributed by atoms with Gasteiger partial charge in [-0.3, -0.25) is 9.59 Å². The third-order valence-corrected chi connectivity index (χ3v) is 5.32. The van der Waals surface area contributed by atoms with Crippen molar-refractivity contribution < 1.29 is 19.1 Å². The minimum Gasteiger partial charge on any atom is -0.444 e. The van der Waals surface area contributed by atoms with Gasteiger partial charge in [-0.1, -0.05) is 63.4 Å². The molecule has 7 heteroatoms. The molecule has 1 rings (SSSR count). The predicted octanol–water partition coefficient (Wildman–Crippen LogP) is 4.35. The number of benzene rings is 1. The van der Waals surface area contributed by atoms with Gasteiger partial charge >= 0.3 is 6.09 Å². The average Bonchev–Trinajstić information content (AvgIpc) is 2.70. The molecule has 0 bridgehead atoms. The van der Waals surface area contributed by atoms with Crippen molar-refractivity contribution in [2.24, 2.45) is 5.92 Å². The van der Waals surface area contributed by atoms with Gasteiger partial charge in [0.1, 0.15) is 17.7 Å². The number of alkyl carbamates (subject to hydrolysis) is 1. The Morgan fingerprint density at radius 2 is 1.81 bits per heavy atom. The van der Waals surface area contributed by atoms with Gasteiger partial charge in [0.2, 0.25) is 11.8 Å². The van der Waals surface area contributed by atoms with E-state index in [2.05, 4.69) is 17.6 Å². The summed E-state index contributed by atoms with van der Waals surface area (Å²) in [7, 11) is 1.61. The first-order chi connectivity index (χ1) is 14.9. The number of hydrogen-bond donors (Lipinski definition) is 2. The Morgan fingerprint density at radius 1 is 1.16 bits per heavy atom. The van der Waals surface area contributed by atoms with E-state index in [4.69, 9.17) is 4.74 Å². The lowest BCUT2D eigenvalue weighted by atomic mass is 9.96. The van der Waals surface area contributed by atoms with Crippen molar-refractivity contribution in [3.8, 4) is 0 Å². The van der Waals surface area contributed by atoms with Crippen LogP contribution in [0.15, 0.2) is 24.3 Å². The molecule has 32 heavy (non-hydrogen) atoms. The van der Waals surface area contributed by atoms with E-state index in [0.717, 1.165) is 24.0 Å². The van der Waals surface area contributed by atoms with Gasteiger partial charge in [-0.15, -0.1) is 0 Å². The maximum atomic E-state index is 13.6. The molecule has 0 saturated heterocycles. The molecule has 3 amide bonds. The van der Waals surface area contributed by atoms with Crippen LogP contribution < -0.4 is 10.6 Å². The highest BCUT2D eigenvalue weighted by Crippen LogP contribution is 2.24. The molecular weight excluding hydrogens is 406 g/mol. The summed E-state index contributed by atoms with van der Waals surface area (Å²) in [6.07, 6.45) is 1.85. The highest BCUT2D eigenvalue weighted by Gasteiger charge is 2.36. The van der Waals surface area contributed by atoms with E-state index in [1.54, 1.807) is 27.8 Å². The van der Waals surface area contributed by atoms with Crippen LogP contribution in [-0.2, 0) is 14.3 Å². The molecular formula is C25H41N3O4. The average molecular weight is 448 g/mol. The number of nitrogens with one attached hydrogen (secondary N) is 2. The summed E-state index contributed by atoms with van der Waals surface area (Å²) in [5, 5.41) is 5.68. The van der Waals surface area contributed by atoms with Crippen LogP contribution in [0.5, 0.6) is 0 Å². The van der Waals surface area contributed by atoms with E-state index in [0.29, 0.717) is 13.0 Å². The minimum absolute atomic E-state index is 0.140. The quantitative estimate of drug-likeness (QED) is 0.522. The summed E-state index contributed by atoms with van der Waals surface area (Å²) >= 11 is 0. The fourth-order valence-electron chi connectivity index (χ4n) is 3.34. The first-order valence-electron chi connectivity index (χ1n) is 11.5. The molecule has 0 saturated carbocycles. The standard InChI is InChI=1S/C25H41N3O4/c1-9-11-15-26-22(29)21(19-14-12-13-17(3)16-19)28(8)23(30)20(18(4)10-2)27-24(31)32-25(5,6)7/h12-14,16,18,20-21H,9-11,15H2,1-8H3,(H,26,29)(H,27,31). The molecule has 7 nitrogen and oxygen atoms in total. The van der Waals surface area contributed by atoms with E-state index >= 15 is 0 Å². The summed E-state index contributed by atoms with van der Waals surface area (Å²) in [5.74, 6) is -0.707. The van der Waals surface area contributed by atoms with Gasteiger partial charge in [0, 0.05) is 13.6 Å². The highest BCUT2D eigenvalue weighted by atomic mass is 16.6. The topological polar surface area (TPSA) is 87.7 Å². The zero-order valence-electron chi connectivity index (χ0n) is 21.0. The van der Waals surface area contributed by atoms with Crippen molar-refractivity contribution in [2.75, 3.05) is 13.6 Å². The summed E-state index contributed by atoms with van der Waals surface area (Å²) in [4.78, 5) is 40.5. The largest absolute Gasteiger partial charge is 0.444 e. The molecule has 0 fully saturated rings. The monoisotopic (exact) mass is 447 g/mol. The Hall–Kier alpha value is -2.57.